The van der Waals surface area contributed by atoms with Crippen LogP contribution in [-0.2, 0) is 27.4 Å². The Bertz CT molecular complexity index is 1570. The molecule has 3 aromatic carbocycles. The van der Waals surface area contributed by atoms with Gasteiger partial charge < -0.3 is 34.5 Å². The molecule has 1 aliphatic carbocycles. The number of para-hydroxylation sites is 1. The number of carbonyl (C=O) groups is 1. The van der Waals surface area contributed by atoms with Crippen molar-refractivity contribution in [1.29, 1.82) is 0 Å². The molecule has 1 heterocycles. The lowest BCUT2D eigenvalue weighted by atomic mass is 9.88. The highest BCUT2D eigenvalue weighted by atomic mass is 35.5. The van der Waals surface area contributed by atoms with Crippen LogP contribution in [0.4, 0.5) is 8.78 Å². The van der Waals surface area contributed by atoms with Crippen molar-refractivity contribution in [2.24, 2.45) is 0 Å². The Morgan fingerprint density at radius 1 is 1.00 bits per heavy atom. The third kappa shape index (κ3) is 10.5. The SMILES string of the molecule is COCOCC1NCCC(c2ccc(OCCOc3c(Cl)cccc3Cl)cc2)=C1C(=O)N(Cc1cc(CNCC(F)F)ccc1Cl)C1CC1. The molecule has 0 radical (unpaired) electrons. The van der Waals surface area contributed by atoms with Crippen molar-refractivity contribution in [3.63, 3.8) is 0 Å². The van der Waals surface area contributed by atoms with E-state index in [9.17, 15) is 13.6 Å². The number of nitrogens with zero attached hydrogens (tertiary/aromatic N) is 1. The van der Waals surface area contributed by atoms with Crippen LogP contribution in [0.25, 0.3) is 5.57 Å². The molecule has 8 nitrogen and oxygen atoms in total. The Kier molecular flexibility index (Phi) is 14.0. The molecular weight excluding hydrogens is 699 g/mol. The van der Waals surface area contributed by atoms with Gasteiger partial charge in [-0.25, -0.2) is 8.78 Å². The molecule has 0 bridgehead atoms. The van der Waals surface area contributed by atoms with Gasteiger partial charge in [-0.15, -0.1) is 0 Å². The molecule has 1 aliphatic heterocycles. The van der Waals surface area contributed by atoms with Crippen LogP contribution in [-0.4, -0.2) is 76.1 Å². The van der Waals surface area contributed by atoms with Gasteiger partial charge in [0.1, 0.15) is 25.8 Å². The molecule has 13 heteroatoms. The van der Waals surface area contributed by atoms with Crippen LogP contribution in [0.3, 0.4) is 0 Å². The first kappa shape index (κ1) is 37.3. The highest BCUT2D eigenvalue weighted by Gasteiger charge is 2.38. The fourth-order valence-electron chi connectivity index (χ4n) is 5.74. The number of hydrogen-bond acceptors (Lipinski definition) is 7. The van der Waals surface area contributed by atoms with E-state index in [1.54, 1.807) is 37.4 Å². The molecule has 0 saturated heterocycles. The summed E-state index contributed by atoms with van der Waals surface area (Å²) in [5, 5.41) is 7.60. The average molecular weight is 739 g/mol. The molecule has 1 amide bonds. The number of halogens is 5. The molecule has 1 saturated carbocycles. The number of benzene rings is 3. The first-order valence-corrected chi connectivity index (χ1v) is 17.3. The predicted molar refractivity (Wildman–Crippen MR) is 188 cm³/mol. The van der Waals surface area contributed by atoms with E-state index in [0.717, 1.165) is 35.1 Å². The number of ether oxygens (including phenoxy) is 4. The molecule has 1 unspecified atom stereocenters. The quantitative estimate of drug-likeness (QED) is 0.104. The fraction of sp³-hybridized carbons (Fsp3) is 0.417. The minimum absolute atomic E-state index is 0.0686. The molecule has 1 atom stereocenters. The van der Waals surface area contributed by atoms with Crippen molar-refractivity contribution >= 4 is 46.3 Å². The summed E-state index contributed by atoms with van der Waals surface area (Å²) < 4.78 is 47.9. The summed E-state index contributed by atoms with van der Waals surface area (Å²) in [5.74, 6) is 0.974. The molecule has 0 spiro atoms. The van der Waals surface area contributed by atoms with Gasteiger partial charge in [0, 0.05) is 36.8 Å². The summed E-state index contributed by atoms with van der Waals surface area (Å²) in [5.41, 5.74) is 4.06. The summed E-state index contributed by atoms with van der Waals surface area (Å²) in [4.78, 5) is 16.5. The number of hydrogen-bond donors (Lipinski definition) is 2. The minimum Gasteiger partial charge on any atom is -0.490 e. The average Bonchev–Trinajstić information content (AvgIpc) is 3.93. The summed E-state index contributed by atoms with van der Waals surface area (Å²) in [7, 11) is 1.55. The zero-order valence-electron chi connectivity index (χ0n) is 27.2. The van der Waals surface area contributed by atoms with E-state index in [1.165, 1.54) is 0 Å². The van der Waals surface area contributed by atoms with Crippen molar-refractivity contribution in [2.45, 2.75) is 50.9 Å². The van der Waals surface area contributed by atoms with Gasteiger partial charge in [0.2, 0.25) is 0 Å². The molecule has 1 fully saturated rings. The molecule has 264 valence electrons. The Balaban J connectivity index is 1.34. The highest BCUT2D eigenvalue weighted by Crippen LogP contribution is 2.36. The highest BCUT2D eigenvalue weighted by molar-refractivity contribution is 6.37. The van der Waals surface area contributed by atoms with Crippen LogP contribution in [0.5, 0.6) is 11.5 Å². The lowest BCUT2D eigenvalue weighted by Gasteiger charge is -2.33. The number of alkyl halides is 2. The monoisotopic (exact) mass is 737 g/mol. The molecule has 3 aromatic rings. The Morgan fingerprint density at radius 2 is 1.73 bits per heavy atom. The second-order valence-corrected chi connectivity index (χ2v) is 13.0. The zero-order valence-corrected chi connectivity index (χ0v) is 29.4. The Labute approximate surface area is 300 Å². The third-order valence-corrected chi connectivity index (χ3v) is 9.17. The number of carbonyl (C=O) groups excluding carboxylic acids is 1. The smallest absolute Gasteiger partial charge is 0.252 e. The largest absolute Gasteiger partial charge is 0.490 e. The Morgan fingerprint density at radius 3 is 2.43 bits per heavy atom. The third-order valence-electron chi connectivity index (χ3n) is 8.20. The topological polar surface area (TPSA) is 81.3 Å². The lowest BCUT2D eigenvalue weighted by Crippen LogP contribution is -2.47. The normalized spacial score (nSPS) is 16.3. The van der Waals surface area contributed by atoms with Crippen LogP contribution in [0.2, 0.25) is 15.1 Å². The van der Waals surface area contributed by atoms with Crippen LogP contribution < -0.4 is 20.1 Å². The van der Waals surface area contributed by atoms with E-state index >= 15 is 0 Å². The zero-order chi connectivity index (χ0) is 34.8. The van der Waals surface area contributed by atoms with Crippen molar-refractivity contribution in [3.8, 4) is 11.5 Å². The van der Waals surface area contributed by atoms with Gasteiger partial charge in [-0.05, 0) is 78.4 Å². The molecule has 49 heavy (non-hydrogen) atoms. The van der Waals surface area contributed by atoms with Crippen molar-refractivity contribution in [2.75, 3.05) is 46.8 Å². The van der Waals surface area contributed by atoms with Crippen molar-refractivity contribution in [1.82, 2.24) is 15.5 Å². The summed E-state index contributed by atoms with van der Waals surface area (Å²) >= 11 is 19.0. The van der Waals surface area contributed by atoms with E-state index in [-0.39, 0.29) is 51.1 Å². The van der Waals surface area contributed by atoms with Crippen molar-refractivity contribution < 1.29 is 32.5 Å². The number of rotatable bonds is 18. The van der Waals surface area contributed by atoms with E-state index in [2.05, 4.69) is 10.6 Å². The number of methoxy groups -OCH3 is 1. The van der Waals surface area contributed by atoms with E-state index in [4.69, 9.17) is 53.8 Å². The second kappa shape index (κ2) is 18.3. The fourth-order valence-corrected chi connectivity index (χ4v) is 6.42. The lowest BCUT2D eigenvalue weighted by molar-refractivity contribution is -0.129. The van der Waals surface area contributed by atoms with Crippen molar-refractivity contribution in [3.05, 3.63) is 98.0 Å². The molecule has 2 aliphatic rings. The molecule has 5 rings (SSSR count). The number of amides is 1. The molecule has 2 N–H and O–H groups in total. The second-order valence-electron chi connectivity index (χ2n) is 11.8. The minimum atomic E-state index is -2.44. The van der Waals surface area contributed by atoms with E-state index in [1.807, 2.05) is 35.2 Å². The van der Waals surface area contributed by atoms with Crippen LogP contribution >= 0.6 is 34.8 Å². The molecular formula is C36H40Cl3F2N3O5. The maximum absolute atomic E-state index is 14.6. The maximum atomic E-state index is 14.6. The first-order chi connectivity index (χ1) is 23.7. The first-order valence-electron chi connectivity index (χ1n) is 16.2. The van der Waals surface area contributed by atoms with Gasteiger partial charge in [0.25, 0.3) is 12.3 Å². The van der Waals surface area contributed by atoms with E-state index < -0.39 is 13.0 Å². The summed E-state index contributed by atoms with van der Waals surface area (Å²) in [6.07, 6.45) is -0.0270. The summed E-state index contributed by atoms with van der Waals surface area (Å²) in [6, 6.07) is 18.0. The standard InChI is InChI=1S/C36H40Cl3F2N3O5/c1-46-22-47-21-32-34(36(45)44(26-8-9-26)20-25-17-23(5-12-29(25)37)18-42-19-33(40)41)28(13-14-43-32)24-6-10-27(11-7-24)48-15-16-49-35-30(38)3-2-4-31(35)39/h2-7,10-12,17,26,32-33,42-43H,8-9,13-16,18-22H2,1H3. The Hall–Kier alpha value is -2.96. The van der Waals surface area contributed by atoms with Crippen LogP contribution in [0, 0.1) is 0 Å². The van der Waals surface area contributed by atoms with Gasteiger partial charge in [0.15, 0.2) is 5.75 Å². The predicted octanol–water partition coefficient (Wildman–Crippen LogP) is 7.39. The summed E-state index contributed by atoms with van der Waals surface area (Å²) in [6.45, 7) is 1.70. The van der Waals surface area contributed by atoms with Gasteiger partial charge in [-0.1, -0.05) is 65.1 Å². The van der Waals surface area contributed by atoms with Gasteiger partial charge in [-0.2, -0.15) is 0 Å². The van der Waals surface area contributed by atoms with Crippen LogP contribution in [0.15, 0.2) is 66.2 Å². The maximum Gasteiger partial charge on any atom is 0.252 e. The van der Waals surface area contributed by atoms with Gasteiger partial charge in [0.05, 0.1) is 29.2 Å². The van der Waals surface area contributed by atoms with Gasteiger partial charge in [-0.3, -0.25) is 4.79 Å². The number of nitrogens with one attached hydrogen (secondary N) is 2. The van der Waals surface area contributed by atoms with E-state index in [0.29, 0.717) is 51.7 Å². The van der Waals surface area contributed by atoms with Crippen LogP contribution in [0.1, 0.15) is 36.0 Å². The van der Waals surface area contributed by atoms with Gasteiger partial charge >= 0.3 is 0 Å². The molecule has 0 aromatic heterocycles.